The molecule has 1 atom stereocenters. The number of benzene rings is 3. The monoisotopic (exact) mass is 623 g/mol. The Balaban J connectivity index is 1.53. The van der Waals surface area contributed by atoms with E-state index < -0.39 is 6.04 Å². The van der Waals surface area contributed by atoms with Crippen LogP contribution in [0.2, 0.25) is 10.0 Å². The molecule has 1 amide bonds. The average Bonchev–Trinajstić information content (AvgIpc) is 3.34. The molecule has 0 fully saturated rings. The summed E-state index contributed by atoms with van der Waals surface area (Å²) in [6.45, 7) is 8.47. The molecule has 2 N–H and O–H groups in total. The summed E-state index contributed by atoms with van der Waals surface area (Å²) in [6.07, 6.45) is 0. The number of anilines is 2. The van der Waals surface area contributed by atoms with Gasteiger partial charge in [0.1, 0.15) is 12.6 Å². The van der Waals surface area contributed by atoms with Crippen molar-refractivity contribution in [2.45, 2.75) is 45.5 Å². The number of ether oxygens (including phenoxy) is 2. The zero-order valence-corrected chi connectivity index (χ0v) is 26.0. The fourth-order valence-corrected chi connectivity index (χ4v) is 5.74. The number of allylic oxidation sites excluding steroid dienone is 1. The van der Waals surface area contributed by atoms with Gasteiger partial charge in [0.2, 0.25) is 11.1 Å². The molecule has 0 spiro atoms. The largest absolute Gasteiger partial charge is 0.490 e. The Hall–Kier alpha value is -3.66. The topological polar surface area (TPSA) is 90.3 Å². The molecule has 3 aromatic carbocycles. The number of fused-ring (bicyclic) bond motifs is 1. The van der Waals surface area contributed by atoms with Crippen molar-refractivity contribution < 1.29 is 14.3 Å². The normalized spacial score (nSPS) is 14.3. The fraction of sp³-hybridized carbons (Fsp3) is 0.258. The molecule has 5 rings (SSSR count). The number of hydrogen-bond acceptors (Lipinski definition) is 7. The minimum absolute atomic E-state index is 0.233. The van der Waals surface area contributed by atoms with Crippen molar-refractivity contribution in [1.29, 1.82) is 0 Å². The Bertz CT molecular complexity index is 1660. The van der Waals surface area contributed by atoms with Crippen molar-refractivity contribution in [1.82, 2.24) is 14.8 Å². The van der Waals surface area contributed by atoms with E-state index in [1.165, 1.54) is 11.8 Å². The van der Waals surface area contributed by atoms with Gasteiger partial charge in [-0.15, -0.1) is 5.10 Å². The second-order valence-corrected chi connectivity index (χ2v) is 11.7. The van der Waals surface area contributed by atoms with Gasteiger partial charge in [-0.1, -0.05) is 66.2 Å². The van der Waals surface area contributed by atoms with Gasteiger partial charge in [-0.3, -0.25) is 4.79 Å². The summed E-state index contributed by atoms with van der Waals surface area (Å²) >= 11 is 13.9. The number of hydrogen-bond donors (Lipinski definition) is 2. The number of rotatable bonds is 10. The molecular formula is C31H31Cl2N5O3S. The molecule has 1 aromatic heterocycles. The van der Waals surface area contributed by atoms with Crippen molar-refractivity contribution in [2.24, 2.45) is 0 Å². The van der Waals surface area contributed by atoms with Crippen LogP contribution in [0.5, 0.6) is 11.5 Å². The molecule has 218 valence electrons. The van der Waals surface area contributed by atoms with Gasteiger partial charge in [-0.05, 0) is 74.0 Å². The van der Waals surface area contributed by atoms with E-state index in [9.17, 15) is 4.79 Å². The lowest BCUT2D eigenvalue weighted by Gasteiger charge is -2.29. The van der Waals surface area contributed by atoms with Crippen molar-refractivity contribution in [3.05, 3.63) is 98.7 Å². The van der Waals surface area contributed by atoms with E-state index >= 15 is 0 Å². The van der Waals surface area contributed by atoms with E-state index in [-0.39, 0.29) is 12.5 Å². The summed E-state index contributed by atoms with van der Waals surface area (Å²) < 4.78 is 13.9. The lowest BCUT2D eigenvalue weighted by molar-refractivity contribution is -0.113. The zero-order valence-electron chi connectivity index (χ0n) is 23.7. The van der Waals surface area contributed by atoms with Crippen LogP contribution in [-0.2, 0) is 11.4 Å². The predicted molar refractivity (Wildman–Crippen MR) is 169 cm³/mol. The Morgan fingerprint density at radius 3 is 2.62 bits per heavy atom. The number of carbonyl (C=O) groups is 1. The van der Waals surface area contributed by atoms with Gasteiger partial charge in [0.25, 0.3) is 5.91 Å². The van der Waals surface area contributed by atoms with Gasteiger partial charge < -0.3 is 20.1 Å². The third kappa shape index (κ3) is 6.53. The van der Waals surface area contributed by atoms with E-state index in [0.717, 1.165) is 22.4 Å². The van der Waals surface area contributed by atoms with Crippen LogP contribution in [0.4, 0.5) is 11.6 Å². The summed E-state index contributed by atoms with van der Waals surface area (Å²) in [5, 5.41) is 12.8. The standard InChI is InChI=1S/C31H31Cl2N5O3S/c1-5-40-26-15-20(11-13-25(26)41-17-21-10-12-22(32)16-24(21)33)28-27(29(39)35-23-9-7-8-18(3)14-23)19(4)34-30-36-31(42-6-2)37-38(28)30/h7-16,28H,5-6,17H2,1-4H3,(H,35,39)(H,34,36,37). The van der Waals surface area contributed by atoms with Crippen LogP contribution >= 0.6 is 35.0 Å². The number of aryl methyl sites for hydroxylation is 1. The summed E-state index contributed by atoms with van der Waals surface area (Å²) in [5.41, 5.74) is 4.57. The number of amides is 1. The number of aromatic nitrogens is 3. The molecule has 11 heteroatoms. The second kappa shape index (κ2) is 13.1. The molecule has 0 radical (unpaired) electrons. The van der Waals surface area contributed by atoms with Gasteiger partial charge in [0, 0.05) is 27.0 Å². The SMILES string of the molecule is CCOc1cc(C2C(C(=O)Nc3cccc(C)c3)=C(C)Nc3nc(SCC)nn32)ccc1OCc1ccc(Cl)cc1Cl. The van der Waals surface area contributed by atoms with E-state index in [2.05, 4.69) is 15.6 Å². The molecule has 1 aliphatic heterocycles. The van der Waals surface area contributed by atoms with Crippen LogP contribution in [0, 0.1) is 6.92 Å². The van der Waals surface area contributed by atoms with Crippen LogP contribution in [0.15, 0.2) is 77.1 Å². The van der Waals surface area contributed by atoms with Gasteiger partial charge in [0.05, 0.1) is 12.2 Å². The first-order chi connectivity index (χ1) is 20.3. The molecule has 0 aliphatic carbocycles. The molecule has 0 bridgehead atoms. The molecular weight excluding hydrogens is 593 g/mol. The number of thioether (sulfide) groups is 1. The van der Waals surface area contributed by atoms with E-state index in [1.807, 2.05) is 76.2 Å². The van der Waals surface area contributed by atoms with E-state index in [0.29, 0.717) is 56.2 Å². The highest BCUT2D eigenvalue weighted by Crippen LogP contribution is 2.40. The van der Waals surface area contributed by atoms with Crippen molar-refractivity contribution in [3.63, 3.8) is 0 Å². The Morgan fingerprint density at radius 1 is 1.05 bits per heavy atom. The smallest absolute Gasteiger partial charge is 0.255 e. The number of halogens is 2. The number of carbonyl (C=O) groups excluding carboxylic acids is 1. The summed E-state index contributed by atoms with van der Waals surface area (Å²) in [5.74, 6) is 2.24. The van der Waals surface area contributed by atoms with Gasteiger partial charge in [-0.2, -0.15) is 4.98 Å². The Kier molecular flexibility index (Phi) is 9.30. The minimum atomic E-state index is -0.566. The molecule has 8 nitrogen and oxygen atoms in total. The summed E-state index contributed by atoms with van der Waals surface area (Å²) in [7, 11) is 0. The molecule has 0 saturated carbocycles. The first kappa shape index (κ1) is 29.8. The maximum atomic E-state index is 13.9. The van der Waals surface area contributed by atoms with Crippen LogP contribution in [0.25, 0.3) is 0 Å². The van der Waals surface area contributed by atoms with Gasteiger partial charge in [-0.25, -0.2) is 4.68 Å². The molecule has 4 aromatic rings. The predicted octanol–water partition coefficient (Wildman–Crippen LogP) is 7.91. The Labute approximate surface area is 259 Å². The maximum absolute atomic E-state index is 13.9. The number of nitrogens with zero attached hydrogens (tertiary/aromatic N) is 3. The third-order valence-corrected chi connectivity index (χ3v) is 7.92. The van der Waals surface area contributed by atoms with E-state index in [1.54, 1.807) is 16.8 Å². The molecule has 1 unspecified atom stereocenters. The van der Waals surface area contributed by atoms with Crippen LogP contribution < -0.4 is 20.1 Å². The van der Waals surface area contributed by atoms with Gasteiger partial charge >= 0.3 is 0 Å². The lowest BCUT2D eigenvalue weighted by atomic mass is 9.94. The zero-order chi connectivity index (χ0) is 29.8. The highest BCUT2D eigenvalue weighted by molar-refractivity contribution is 7.99. The second-order valence-electron chi connectivity index (χ2n) is 9.65. The first-order valence-corrected chi connectivity index (χ1v) is 15.3. The lowest BCUT2D eigenvalue weighted by Crippen LogP contribution is -2.31. The summed E-state index contributed by atoms with van der Waals surface area (Å²) in [4.78, 5) is 18.5. The highest BCUT2D eigenvalue weighted by Gasteiger charge is 2.35. The average molecular weight is 625 g/mol. The molecule has 0 saturated heterocycles. The molecule has 42 heavy (non-hydrogen) atoms. The van der Waals surface area contributed by atoms with Crippen LogP contribution in [0.1, 0.15) is 43.5 Å². The van der Waals surface area contributed by atoms with Crippen molar-refractivity contribution >= 4 is 52.5 Å². The minimum Gasteiger partial charge on any atom is -0.490 e. The van der Waals surface area contributed by atoms with Gasteiger partial charge in [0.15, 0.2) is 11.5 Å². The highest BCUT2D eigenvalue weighted by atomic mass is 35.5. The quantitative estimate of drug-likeness (QED) is 0.173. The van der Waals surface area contributed by atoms with E-state index in [4.69, 9.17) is 37.8 Å². The molecule has 2 heterocycles. The van der Waals surface area contributed by atoms with Crippen molar-refractivity contribution in [2.75, 3.05) is 23.0 Å². The Morgan fingerprint density at radius 2 is 1.88 bits per heavy atom. The van der Waals surface area contributed by atoms with Crippen LogP contribution in [0.3, 0.4) is 0 Å². The van der Waals surface area contributed by atoms with Crippen LogP contribution in [-0.4, -0.2) is 33.0 Å². The molecule has 1 aliphatic rings. The fourth-order valence-electron chi connectivity index (χ4n) is 4.72. The first-order valence-electron chi connectivity index (χ1n) is 13.6. The number of nitrogens with one attached hydrogen (secondary N) is 2. The van der Waals surface area contributed by atoms with Crippen molar-refractivity contribution in [3.8, 4) is 11.5 Å². The maximum Gasteiger partial charge on any atom is 0.255 e. The third-order valence-electron chi connectivity index (χ3n) is 6.61. The summed E-state index contributed by atoms with van der Waals surface area (Å²) in [6, 6.07) is 18.1.